The van der Waals surface area contributed by atoms with Crippen LogP contribution >= 0.6 is 24.0 Å². The first-order valence-corrected chi connectivity index (χ1v) is 10.4. The van der Waals surface area contributed by atoms with Crippen LogP contribution in [0.3, 0.4) is 0 Å². The molecule has 3 fully saturated rings. The van der Waals surface area contributed by atoms with Crippen LogP contribution in [0.4, 0.5) is 0 Å². The maximum absolute atomic E-state index is 6.11. The Morgan fingerprint density at radius 1 is 1.21 bits per heavy atom. The van der Waals surface area contributed by atoms with Crippen LogP contribution < -0.4 is 20.1 Å². The number of ether oxygens (including phenoxy) is 3. The molecule has 3 unspecified atom stereocenters. The Hall–Kier alpha value is -1.22. The van der Waals surface area contributed by atoms with Gasteiger partial charge < -0.3 is 24.8 Å². The van der Waals surface area contributed by atoms with E-state index in [2.05, 4.69) is 23.6 Å². The number of guanidine groups is 1. The lowest BCUT2D eigenvalue weighted by Gasteiger charge is -2.57. The molecule has 1 aromatic carbocycles. The van der Waals surface area contributed by atoms with Crippen molar-refractivity contribution >= 4 is 29.9 Å². The van der Waals surface area contributed by atoms with Gasteiger partial charge in [0.15, 0.2) is 17.5 Å². The van der Waals surface area contributed by atoms with E-state index in [1.165, 1.54) is 32.1 Å². The molecule has 0 radical (unpaired) electrons. The van der Waals surface area contributed by atoms with Crippen molar-refractivity contribution in [1.82, 2.24) is 10.6 Å². The van der Waals surface area contributed by atoms with Crippen molar-refractivity contribution in [3.05, 3.63) is 23.8 Å². The standard InChI is InChI=1S/C21H29N3O3.HI/c1-2-22-20(23-12-14-5-6-16-17(11-14)27-13-26-16)24-18-15-7-10-25-19(15)21(18)8-3-4-9-21;/h5-6,11,15,18-19H,2-4,7-10,12-13H2,1H3,(H2,22,23,24);1H. The van der Waals surface area contributed by atoms with E-state index >= 15 is 0 Å². The first-order valence-electron chi connectivity index (χ1n) is 10.4. The van der Waals surface area contributed by atoms with Crippen LogP contribution in [0.25, 0.3) is 0 Å². The van der Waals surface area contributed by atoms with Crippen molar-refractivity contribution < 1.29 is 14.2 Å². The molecule has 2 aliphatic heterocycles. The molecule has 1 saturated heterocycles. The summed E-state index contributed by atoms with van der Waals surface area (Å²) in [7, 11) is 0. The van der Waals surface area contributed by atoms with Crippen molar-refractivity contribution in [1.29, 1.82) is 0 Å². The Morgan fingerprint density at radius 3 is 2.86 bits per heavy atom. The second-order valence-corrected chi connectivity index (χ2v) is 8.19. The molecule has 1 aromatic rings. The minimum absolute atomic E-state index is 0. The molecule has 4 aliphatic rings. The summed E-state index contributed by atoms with van der Waals surface area (Å²) in [6, 6.07) is 6.54. The summed E-state index contributed by atoms with van der Waals surface area (Å²) in [5, 5.41) is 7.22. The quantitative estimate of drug-likeness (QED) is 0.378. The van der Waals surface area contributed by atoms with Gasteiger partial charge in [0, 0.05) is 30.5 Å². The number of aliphatic imine (C=N–C) groups is 1. The van der Waals surface area contributed by atoms with Crippen LogP contribution in [0.5, 0.6) is 11.5 Å². The fraction of sp³-hybridized carbons (Fsp3) is 0.667. The number of hydrogen-bond acceptors (Lipinski definition) is 4. The molecule has 2 N–H and O–H groups in total. The van der Waals surface area contributed by atoms with Crippen molar-refractivity contribution in [2.75, 3.05) is 19.9 Å². The molecule has 1 spiro atoms. The largest absolute Gasteiger partial charge is 0.454 e. The lowest BCUT2D eigenvalue weighted by Crippen LogP contribution is -2.69. The lowest BCUT2D eigenvalue weighted by molar-refractivity contribution is -0.125. The maximum atomic E-state index is 6.11. The third-order valence-electron chi connectivity index (χ3n) is 6.78. The van der Waals surface area contributed by atoms with Gasteiger partial charge in [-0.2, -0.15) is 0 Å². The second-order valence-electron chi connectivity index (χ2n) is 8.19. The summed E-state index contributed by atoms with van der Waals surface area (Å²) >= 11 is 0. The van der Waals surface area contributed by atoms with Crippen LogP contribution in [0.1, 0.15) is 44.6 Å². The maximum Gasteiger partial charge on any atom is 0.231 e. The number of benzene rings is 1. The van der Waals surface area contributed by atoms with Gasteiger partial charge in [-0.1, -0.05) is 18.9 Å². The van der Waals surface area contributed by atoms with E-state index in [9.17, 15) is 0 Å². The van der Waals surface area contributed by atoms with Gasteiger partial charge in [0.1, 0.15) is 0 Å². The van der Waals surface area contributed by atoms with Gasteiger partial charge in [-0.3, -0.25) is 0 Å². The van der Waals surface area contributed by atoms with Crippen molar-refractivity contribution in [3.63, 3.8) is 0 Å². The fourth-order valence-electron chi connectivity index (χ4n) is 5.58. The smallest absolute Gasteiger partial charge is 0.231 e. The summed E-state index contributed by atoms with van der Waals surface area (Å²) < 4.78 is 17.0. The highest BCUT2D eigenvalue weighted by molar-refractivity contribution is 14.0. The Labute approximate surface area is 183 Å². The monoisotopic (exact) mass is 499 g/mol. The number of rotatable bonds is 4. The highest BCUT2D eigenvalue weighted by Gasteiger charge is 2.65. The van der Waals surface area contributed by atoms with Gasteiger partial charge in [0.2, 0.25) is 6.79 Å². The Bertz CT molecular complexity index is 736. The minimum Gasteiger partial charge on any atom is -0.454 e. The average molecular weight is 499 g/mol. The molecule has 2 saturated carbocycles. The molecular formula is C21H30IN3O3. The summed E-state index contributed by atoms with van der Waals surface area (Å²) in [5.41, 5.74) is 1.46. The van der Waals surface area contributed by atoms with Gasteiger partial charge in [-0.15, -0.1) is 24.0 Å². The van der Waals surface area contributed by atoms with Crippen LogP contribution in [0.2, 0.25) is 0 Å². The Morgan fingerprint density at radius 2 is 2.04 bits per heavy atom. The first-order chi connectivity index (χ1) is 13.3. The zero-order valence-corrected chi connectivity index (χ0v) is 18.7. The van der Waals surface area contributed by atoms with E-state index in [4.69, 9.17) is 19.2 Å². The molecule has 7 heteroatoms. The molecular weight excluding hydrogens is 469 g/mol. The van der Waals surface area contributed by atoms with E-state index in [0.717, 1.165) is 36.2 Å². The van der Waals surface area contributed by atoms with Gasteiger partial charge >= 0.3 is 0 Å². The molecule has 5 rings (SSSR count). The molecule has 3 atom stereocenters. The minimum atomic E-state index is 0. The van der Waals surface area contributed by atoms with E-state index in [1.807, 2.05) is 12.1 Å². The molecule has 0 bridgehead atoms. The number of hydrogen-bond donors (Lipinski definition) is 2. The highest BCUT2D eigenvalue weighted by atomic mass is 127. The predicted molar refractivity (Wildman–Crippen MR) is 118 cm³/mol. The molecule has 0 aromatic heterocycles. The van der Waals surface area contributed by atoms with Gasteiger partial charge in [0.05, 0.1) is 12.6 Å². The zero-order chi connectivity index (χ0) is 18.3. The number of nitrogens with one attached hydrogen (secondary N) is 2. The molecule has 154 valence electrons. The van der Waals surface area contributed by atoms with Crippen molar-refractivity contribution in [3.8, 4) is 11.5 Å². The Kier molecular flexibility index (Phi) is 5.92. The average Bonchev–Trinajstić information content (AvgIpc) is 3.43. The highest BCUT2D eigenvalue weighted by Crippen LogP contribution is 2.60. The van der Waals surface area contributed by atoms with Crippen LogP contribution in [0, 0.1) is 11.3 Å². The predicted octanol–water partition coefficient (Wildman–Crippen LogP) is 3.44. The summed E-state index contributed by atoms with van der Waals surface area (Å²) in [5.74, 6) is 3.18. The SMILES string of the molecule is CCNC(=NCc1ccc2c(c1)OCO2)NC1C2CCOC2C12CCCC2.I. The summed E-state index contributed by atoms with van der Waals surface area (Å²) in [6.45, 7) is 4.82. The third-order valence-corrected chi connectivity index (χ3v) is 6.78. The molecule has 2 heterocycles. The number of halogens is 1. The van der Waals surface area contributed by atoms with Crippen LogP contribution in [-0.2, 0) is 11.3 Å². The summed E-state index contributed by atoms with van der Waals surface area (Å²) in [6.07, 6.45) is 6.87. The van der Waals surface area contributed by atoms with Gasteiger partial charge in [0.25, 0.3) is 0 Å². The van der Waals surface area contributed by atoms with Gasteiger partial charge in [-0.05, 0) is 43.9 Å². The lowest BCUT2D eigenvalue weighted by atomic mass is 9.54. The molecule has 0 amide bonds. The van der Waals surface area contributed by atoms with Crippen LogP contribution in [-0.4, -0.2) is 38.0 Å². The molecule has 2 aliphatic carbocycles. The van der Waals surface area contributed by atoms with E-state index in [-0.39, 0.29) is 24.0 Å². The second kappa shape index (κ2) is 8.26. The topological polar surface area (TPSA) is 64.1 Å². The number of fused-ring (bicyclic) bond motifs is 3. The Balaban J connectivity index is 0.00000192. The zero-order valence-electron chi connectivity index (χ0n) is 16.4. The third kappa shape index (κ3) is 3.34. The normalized spacial score (nSPS) is 29.2. The van der Waals surface area contributed by atoms with Crippen molar-refractivity contribution in [2.45, 2.75) is 57.7 Å². The van der Waals surface area contributed by atoms with E-state index in [0.29, 0.717) is 36.8 Å². The fourth-order valence-corrected chi connectivity index (χ4v) is 5.58. The first kappa shape index (κ1) is 20.1. The van der Waals surface area contributed by atoms with Crippen LogP contribution in [0.15, 0.2) is 23.2 Å². The van der Waals surface area contributed by atoms with Gasteiger partial charge in [-0.25, -0.2) is 4.99 Å². The summed E-state index contributed by atoms with van der Waals surface area (Å²) in [4.78, 5) is 4.86. The van der Waals surface area contributed by atoms with E-state index < -0.39 is 0 Å². The molecule has 28 heavy (non-hydrogen) atoms. The van der Waals surface area contributed by atoms with E-state index in [1.54, 1.807) is 0 Å². The molecule has 6 nitrogen and oxygen atoms in total. The number of nitrogens with zero attached hydrogens (tertiary/aromatic N) is 1. The van der Waals surface area contributed by atoms with Crippen molar-refractivity contribution in [2.24, 2.45) is 16.3 Å².